The molecule has 0 radical (unpaired) electrons. The van der Waals surface area contributed by atoms with E-state index < -0.39 is 9.84 Å². The Labute approximate surface area is 131 Å². The molecular weight excluding hydrogens is 358 g/mol. The van der Waals surface area contributed by atoms with Gasteiger partial charge in [0, 0.05) is 27.1 Å². The fourth-order valence-electron chi connectivity index (χ4n) is 1.65. The van der Waals surface area contributed by atoms with Gasteiger partial charge in [-0.3, -0.25) is 0 Å². The molecule has 0 amide bonds. The van der Waals surface area contributed by atoms with E-state index in [-0.39, 0.29) is 0 Å². The largest absolute Gasteiger partial charge is 0.326 e. The zero-order chi connectivity index (χ0) is 14.8. The van der Waals surface area contributed by atoms with Gasteiger partial charge in [-0.05, 0) is 42.0 Å². The predicted octanol–water partition coefficient (Wildman–Crippen LogP) is 3.46. The molecule has 2 aromatic rings. The van der Waals surface area contributed by atoms with Gasteiger partial charge in [0.15, 0.2) is 9.84 Å². The molecule has 0 atom stereocenters. The third-order valence-corrected chi connectivity index (χ3v) is 5.60. The second-order valence-electron chi connectivity index (χ2n) is 4.30. The zero-order valence-corrected chi connectivity index (χ0v) is 14.1. The number of halogens is 1. The first-order valence-corrected chi connectivity index (χ1v) is 9.37. The molecule has 6 heteroatoms. The van der Waals surface area contributed by atoms with Gasteiger partial charge in [-0.1, -0.05) is 33.8 Å². The van der Waals surface area contributed by atoms with Crippen molar-refractivity contribution in [1.82, 2.24) is 0 Å². The van der Waals surface area contributed by atoms with Gasteiger partial charge in [0.1, 0.15) is 0 Å². The number of benzene rings is 2. The van der Waals surface area contributed by atoms with Gasteiger partial charge < -0.3 is 5.73 Å². The third-order valence-electron chi connectivity index (χ3n) is 2.73. The van der Waals surface area contributed by atoms with Crippen LogP contribution in [0.3, 0.4) is 0 Å². The minimum absolute atomic E-state index is 0.335. The van der Waals surface area contributed by atoms with E-state index in [9.17, 15) is 8.42 Å². The summed E-state index contributed by atoms with van der Waals surface area (Å²) in [5.41, 5.74) is 6.67. The van der Waals surface area contributed by atoms with Crippen molar-refractivity contribution in [3.8, 4) is 0 Å². The summed E-state index contributed by atoms with van der Waals surface area (Å²) in [4.78, 5) is 2.40. The molecule has 3 nitrogen and oxygen atoms in total. The molecule has 0 heterocycles. The lowest BCUT2D eigenvalue weighted by Crippen LogP contribution is -1.97. The Morgan fingerprint density at radius 3 is 2.20 bits per heavy atom. The monoisotopic (exact) mass is 371 g/mol. The quantitative estimate of drug-likeness (QED) is 0.893. The molecule has 0 saturated carbocycles. The minimum Gasteiger partial charge on any atom is -0.326 e. The third kappa shape index (κ3) is 3.85. The van der Waals surface area contributed by atoms with Crippen molar-refractivity contribution in [1.29, 1.82) is 0 Å². The van der Waals surface area contributed by atoms with Gasteiger partial charge in [-0.15, -0.1) is 0 Å². The van der Waals surface area contributed by atoms with Crippen molar-refractivity contribution in [3.63, 3.8) is 0 Å². The van der Waals surface area contributed by atoms with Gasteiger partial charge >= 0.3 is 0 Å². The first-order chi connectivity index (χ1) is 9.40. The summed E-state index contributed by atoms with van der Waals surface area (Å²) in [6, 6.07) is 12.9. The Morgan fingerprint density at radius 2 is 1.70 bits per heavy atom. The maximum absolute atomic E-state index is 11.4. The molecule has 2 N–H and O–H groups in total. The van der Waals surface area contributed by atoms with Crippen molar-refractivity contribution >= 4 is 37.5 Å². The Morgan fingerprint density at radius 1 is 1.10 bits per heavy atom. The smallest absolute Gasteiger partial charge is 0.175 e. The van der Waals surface area contributed by atoms with Crippen LogP contribution in [-0.2, 0) is 16.4 Å². The van der Waals surface area contributed by atoms with E-state index in [2.05, 4.69) is 15.9 Å². The van der Waals surface area contributed by atoms with Crippen LogP contribution < -0.4 is 5.73 Å². The topological polar surface area (TPSA) is 60.2 Å². The lowest BCUT2D eigenvalue weighted by atomic mass is 10.2. The maximum Gasteiger partial charge on any atom is 0.175 e. The fraction of sp³-hybridized carbons (Fsp3) is 0.143. The van der Waals surface area contributed by atoms with Gasteiger partial charge in [0.25, 0.3) is 0 Å². The highest BCUT2D eigenvalue weighted by Gasteiger charge is 2.07. The van der Waals surface area contributed by atoms with Crippen molar-refractivity contribution in [3.05, 3.63) is 52.5 Å². The van der Waals surface area contributed by atoms with Crippen molar-refractivity contribution in [2.75, 3.05) is 6.26 Å². The minimum atomic E-state index is -3.14. The van der Waals surface area contributed by atoms with Crippen LogP contribution in [0.25, 0.3) is 0 Å². The highest BCUT2D eigenvalue weighted by molar-refractivity contribution is 9.10. The molecule has 0 saturated heterocycles. The number of nitrogens with two attached hydrogens (primary N) is 1. The van der Waals surface area contributed by atoms with Gasteiger partial charge in [-0.2, -0.15) is 0 Å². The van der Waals surface area contributed by atoms with Crippen LogP contribution in [0.5, 0.6) is 0 Å². The van der Waals surface area contributed by atoms with E-state index in [0.29, 0.717) is 11.4 Å². The molecule has 106 valence electrons. The highest BCUT2D eigenvalue weighted by atomic mass is 79.9. The van der Waals surface area contributed by atoms with Crippen molar-refractivity contribution in [2.24, 2.45) is 5.73 Å². The van der Waals surface area contributed by atoms with Crippen LogP contribution in [0.1, 0.15) is 5.56 Å². The van der Waals surface area contributed by atoms with Gasteiger partial charge in [0.2, 0.25) is 0 Å². The van der Waals surface area contributed by atoms with E-state index in [1.165, 1.54) is 6.26 Å². The summed E-state index contributed by atoms with van der Waals surface area (Å²) in [7, 11) is -3.14. The summed E-state index contributed by atoms with van der Waals surface area (Å²) in [6.07, 6.45) is 1.21. The lowest BCUT2D eigenvalue weighted by molar-refractivity contribution is 0.602. The van der Waals surface area contributed by atoms with E-state index in [1.54, 1.807) is 23.9 Å². The Hall–Kier alpha value is -0.820. The van der Waals surface area contributed by atoms with E-state index in [4.69, 9.17) is 5.73 Å². The highest BCUT2D eigenvalue weighted by Crippen LogP contribution is 2.31. The Balaban J connectivity index is 2.20. The predicted molar refractivity (Wildman–Crippen MR) is 85.7 cm³/mol. The molecule has 0 aromatic heterocycles. The summed E-state index contributed by atoms with van der Waals surface area (Å²) >= 11 is 5.06. The van der Waals surface area contributed by atoms with Gasteiger partial charge in [-0.25, -0.2) is 8.42 Å². The van der Waals surface area contributed by atoms with Crippen LogP contribution in [0.4, 0.5) is 0 Å². The molecule has 2 aromatic carbocycles. The van der Waals surface area contributed by atoms with Crippen molar-refractivity contribution < 1.29 is 8.42 Å². The standard InChI is InChI=1S/C14H14BrNO2S2/c1-20(17,18)13-6-4-11(5-7-13)19-12-3-2-10(9-16)14(15)8-12/h2-8H,9,16H2,1H3. The molecule has 0 fully saturated rings. The second-order valence-corrected chi connectivity index (χ2v) is 8.32. The zero-order valence-electron chi connectivity index (χ0n) is 10.8. The second kappa shape index (κ2) is 6.30. The lowest BCUT2D eigenvalue weighted by Gasteiger charge is -2.06. The Bertz CT molecular complexity index is 712. The SMILES string of the molecule is CS(=O)(=O)c1ccc(Sc2ccc(CN)c(Br)c2)cc1. The van der Waals surface area contributed by atoms with E-state index in [0.717, 1.165) is 19.8 Å². The van der Waals surface area contributed by atoms with Crippen LogP contribution in [-0.4, -0.2) is 14.7 Å². The summed E-state index contributed by atoms with van der Waals surface area (Å²) < 4.78 is 23.8. The van der Waals surface area contributed by atoms with Crippen LogP contribution in [0, 0.1) is 0 Å². The summed E-state index contributed by atoms with van der Waals surface area (Å²) in [5, 5.41) is 0. The van der Waals surface area contributed by atoms with Crippen LogP contribution in [0.15, 0.2) is 61.6 Å². The first-order valence-electron chi connectivity index (χ1n) is 5.86. The summed E-state index contributed by atoms with van der Waals surface area (Å²) in [6.45, 7) is 0.495. The van der Waals surface area contributed by atoms with Crippen LogP contribution >= 0.6 is 27.7 Å². The average Bonchev–Trinajstić information content (AvgIpc) is 2.38. The maximum atomic E-state index is 11.4. The average molecular weight is 372 g/mol. The van der Waals surface area contributed by atoms with Gasteiger partial charge in [0.05, 0.1) is 4.90 Å². The van der Waals surface area contributed by atoms with E-state index in [1.807, 2.05) is 30.3 Å². The number of hydrogen-bond acceptors (Lipinski definition) is 4. The summed E-state index contributed by atoms with van der Waals surface area (Å²) in [5.74, 6) is 0. The normalized spacial score (nSPS) is 11.6. The first kappa shape index (κ1) is 15.6. The molecule has 2 rings (SSSR count). The van der Waals surface area contributed by atoms with Crippen molar-refractivity contribution in [2.45, 2.75) is 21.2 Å². The molecular formula is C14H14BrNO2S2. The molecule has 0 aliphatic heterocycles. The molecule has 0 spiro atoms. The van der Waals surface area contributed by atoms with Crippen LogP contribution in [0.2, 0.25) is 0 Å². The number of sulfone groups is 1. The number of rotatable bonds is 4. The van der Waals surface area contributed by atoms with E-state index >= 15 is 0 Å². The molecule has 20 heavy (non-hydrogen) atoms. The molecule has 0 unspecified atom stereocenters. The fourth-order valence-corrected chi connectivity index (χ4v) is 3.83. The molecule has 0 bridgehead atoms. The molecule has 0 aliphatic carbocycles. The molecule has 0 aliphatic rings. The Kier molecular flexibility index (Phi) is 4.90. The number of hydrogen-bond donors (Lipinski definition) is 1.